The van der Waals surface area contributed by atoms with E-state index in [2.05, 4.69) is 19.4 Å². The van der Waals surface area contributed by atoms with E-state index in [-0.39, 0.29) is 6.03 Å². The summed E-state index contributed by atoms with van der Waals surface area (Å²) in [5, 5.41) is 8.22. The molecule has 0 radical (unpaired) electrons. The fourth-order valence-corrected chi connectivity index (χ4v) is 2.61. The van der Waals surface area contributed by atoms with Crippen LogP contribution in [-0.2, 0) is 0 Å². The number of urea groups is 1. The van der Waals surface area contributed by atoms with Gasteiger partial charge < -0.3 is 5.32 Å². The lowest BCUT2D eigenvalue weighted by atomic mass is 10.3. The Morgan fingerprint density at radius 3 is 2.83 bits per heavy atom. The molecule has 0 saturated carbocycles. The first-order valence-corrected chi connectivity index (χ1v) is 6.76. The molecule has 2 amide bonds. The first-order chi connectivity index (χ1) is 8.81. The van der Waals surface area contributed by atoms with Gasteiger partial charge in [0.2, 0.25) is 0 Å². The number of aromatic nitrogens is 2. The van der Waals surface area contributed by atoms with E-state index in [4.69, 9.17) is 0 Å². The number of hydrogen-bond donors (Lipinski definition) is 2. The molecule has 90 valence electrons. The maximum Gasteiger partial charge on any atom is 0.324 e. The predicted molar refractivity (Wildman–Crippen MR) is 74.4 cm³/mol. The summed E-state index contributed by atoms with van der Waals surface area (Å²) in [6.07, 6.45) is 0. The maximum absolute atomic E-state index is 11.7. The van der Waals surface area contributed by atoms with Gasteiger partial charge in [-0.25, -0.2) is 4.79 Å². The van der Waals surface area contributed by atoms with Crippen LogP contribution in [0.5, 0.6) is 0 Å². The van der Waals surface area contributed by atoms with Crippen LogP contribution in [-0.4, -0.2) is 14.8 Å². The minimum Gasteiger partial charge on any atom is -0.308 e. The predicted octanol–water partition coefficient (Wildman–Crippen LogP) is 3.40. The second-order valence-corrected chi connectivity index (χ2v) is 5.00. The standard InChI is InChI=1S/C11H8N4OS2/c16-11(13-10-2-1-5-17-10)12-7-3-4-8-9(6-7)15-18-14-8/h1-6H,(H2,12,13,16). The van der Waals surface area contributed by atoms with Crippen molar-refractivity contribution in [3.8, 4) is 0 Å². The summed E-state index contributed by atoms with van der Waals surface area (Å²) in [6.45, 7) is 0. The number of nitrogens with zero attached hydrogens (tertiary/aromatic N) is 2. The SMILES string of the molecule is O=C(Nc1ccc2nsnc2c1)Nc1cccs1. The van der Waals surface area contributed by atoms with Crippen LogP contribution in [0, 0.1) is 0 Å². The first kappa shape index (κ1) is 11.1. The van der Waals surface area contributed by atoms with Gasteiger partial charge >= 0.3 is 6.03 Å². The normalized spacial score (nSPS) is 10.4. The lowest BCUT2D eigenvalue weighted by Gasteiger charge is -2.05. The number of amides is 2. The second-order valence-electron chi connectivity index (χ2n) is 3.52. The van der Waals surface area contributed by atoms with Crippen LogP contribution < -0.4 is 10.6 Å². The third-order valence-electron chi connectivity index (χ3n) is 2.27. The number of benzene rings is 1. The van der Waals surface area contributed by atoms with E-state index < -0.39 is 0 Å². The van der Waals surface area contributed by atoms with Gasteiger partial charge in [0, 0.05) is 5.69 Å². The zero-order chi connectivity index (χ0) is 12.4. The van der Waals surface area contributed by atoms with Gasteiger partial charge in [-0.2, -0.15) is 8.75 Å². The maximum atomic E-state index is 11.7. The van der Waals surface area contributed by atoms with Crippen molar-refractivity contribution in [2.45, 2.75) is 0 Å². The highest BCUT2D eigenvalue weighted by molar-refractivity contribution is 7.14. The van der Waals surface area contributed by atoms with Crippen molar-refractivity contribution in [1.29, 1.82) is 0 Å². The Hall–Kier alpha value is -1.99. The van der Waals surface area contributed by atoms with Crippen molar-refractivity contribution in [1.82, 2.24) is 8.75 Å². The molecule has 7 heteroatoms. The molecule has 2 aromatic heterocycles. The Bertz CT molecular complexity index is 677. The fraction of sp³-hybridized carbons (Fsp3) is 0. The number of rotatable bonds is 2. The monoisotopic (exact) mass is 276 g/mol. The third kappa shape index (κ3) is 2.31. The van der Waals surface area contributed by atoms with Crippen molar-refractivity contribution in [2.75, 3.05) is 10.6 Å². The van der Waals surface area contributed by atoms with E-state index in [1.165, 1.54) is 11.3 Å². The molecule has 0 aliphatic carbocycles. The van der Waals surface area contributed by atoms with E-state index in [1.807, 2.05) is 23.6 Å². The van der Waals surface area contributed by atoms with Crippen molar-refractivity contribution in [3.63, 3.8) is 0 Å². The zero-order valence-corrected chi connectivity index (χ0v) is 10.7. The summed E-state index contributed by atoms with van der Waals surface area (Å²) in [5.41, 5.74) is 2.32. The number of thiophene rings is 1. The lowest BCUT2D eigenvalue weighted by Crippen LogP contribution is -2.18. The fourth-order valence-electron chi connectivity index (χ4n) is 1.48. The quantitative estimate of drug-likeness (QED) is 0.754. The average molecular weight is 276 g/mol. The minimum atomic E-state index is -0.264. The Balaban J connectivity index is 1.73. The Morgan fingerprint density at radius 2 is 2.00 bits per heavy atom. The summed E-state index contributed by atoms with van der Waals surface area (Å²) < 4.78 is 8.23. The number of carbonyl (C=O) groups excluding carboxylic acids is 1. The summed E-state index contributed by atoms with van der Waals surface area (Å²) in [6, 6.07) is 8.90. The molecule has 1 aromatic carbocycles. The van der Waals surface area contributed by atoms with Gasteiger partial charge in [0.15, 0.2) is 0 Å². The highest BCUT2D eigenvalue weighted by Crippen LogP contribution is 2.18. The summed E-state index contributed by atoms with van der Waals surface area (Å²) >= 11 is 2.63. The third-order valence-corrected chi connectivity index (χ3v) is 3.61. The van der Waals surface area contributed by atoms with Gasteiger partial charge in [0.1, 0.15) is 11.0 Å². The van der Waals surface area contributed by atoms with E-state index in [1.54, 1.807) is 12.1 Å². The van der Waals surface area contributed by atoms with Gasteiger partial charge in [-0.1, -0.05) is 0 Å². The molecule has 18 heavy (non-hydrogen) atoms. The molecule has 0 bridgehead atoms. The molecule has 0 atom stereocenters. The molecule has 0 saturated heterocycles. The molecule has 3 aromatic rings. The molecular weight excluding hydrogens is 268 g/mol. The molecule has 0 fully saturated rings. The Labute approximate surface area is 111 Å². The van der Waals surface area contributed by atoms with Crippen LogP contribution in [0.25, 0.3) is 11.0 Å². The van der Waals surface area contributed by atoms with Crippen LogP contribution in [0.15, 0.2) is 35.7 Å². The largest absolute Gasteiger partial charge is 0.324 e. The van der Waals surface area contributed by atoms with E-state index in [9.17, 15) is 4.79 Å². The number of hydrogen-bond acceptors (Lipinski definition) is 5. The molecular formula is C11H8N4OS2. The zero-order valence-electron chi connectivity index (χ0n) is 9.08. The van der Waals surface area contributed by atoms with Crippen LogP contribution in [0.3, 0.4) is 0 Å². The lowest BCUT2D eigenvalue weighted by molar-refractivity contribution is 0.262. The molecule has 2 heterocycles. The van der Waals surface area contributed by atoms with Crippen molar-refractivity contribution < 1.29 is 4.79 Å². The van der Waals surface area contributed by atoms with Crippen LogP contribution in [0.1, 0.15) is 0 Å². The Morgan fingerprint density at radius 1 is 1.11 bits per heavy atom. The minimum absolute atomic E-state index is 0.264. The van der Waals surface area contributed by atoms with Crippen molar-refractivity contribution >= 4 is 50.8 Å². The van der Waals surface area contributed by atoms with Gasteiger partial charge in [-0.05, 0) is 35.7 Å². The van der Waals surface area contributed by atoms with Crippen LogP contribution in [0.4, 0.5) is 15.5 Å². The van der Waals surface area contributed by atoms with Gasteiger partial charge in [-0.3, -0.25) is 5.32 Å². The van der Waals surface area contributed by atoms with Crippen LogP contribution in [0.2, 0.25) is 0 Å². The first-order valence-electron chi connectivity index (χ1n) is 5.15. The topological polar surface area (TPSA) is 66.9 Å². The van der Waals surface area contributed by atoms with E-state index in [0.717, 1.165) is 27.8 Å². The van der Waals surface area contributed by atoms with Gasteiger partial charge in [-0.15, -0.1) is 11.3 Å². The molecule has 0 aliphatic heterocycles. The van der Waals surface area contributed by atoms with Gasteiger partial charge in [0.05, 0.1) is 16.7 Å². The number of anilines is 2. The summed E-state index contributed by atoms with van der Waals surface area (Å²) in [7, 11) is 0. The number of carbonyl (C=O) groups is 1. The molecule has 0 unspecified atom stereocenters. The van der Waals surface area contributed by atoms with Crippen molar-refractivity contribution in [2.24, 2.45) is 0 Å². The van der Waals surface area contributed by atoms with Gasteiger partial charge in [0.25, 0.3) is 0 Å². The summed E-state index contributed by atoms with van der Waals surface area (Å²) in [4.78, 5) is 11.7. The molecule has 5 nitrogen and oxygen atoms in total. The number of fused-ring (bicyclic) bond motifs is 1. The molecule has 3 rings (SSSR count). The Kier molecular flexibility index (Phi) is 2.91. The molecule has 0 aliphatic rings. The average Bonchev–Trinajstić information content (AvgIpc) is 2.98. The van der Waals surface area contributed by atoms with E-state index in [0.29, 0.717) is 5.69 Å². The summed E-state index contributed by atoms with van der Waals surface area (Å²) in [5.74, 6) is 0. The second kappa shape index (κ2) is 4.71. The van der Waals surface area contributed by atoms with Crippen molar-refractivity contribution in [3.05, 3.63) is 35.7 Å². The van der Waals surface area contributed by atoms with E-state index >= 15 is 0 Å². The highest BCUT2D eigenvalue weighted by Gasteiger charge is 2.05. The number of nitrogens with one attached hydrogen (secondary N) is 2. The highest BCUT2D eigenvalue weighted by atomic mass is 32.1. The smallest absolute Gasteiger partial charge is 0.308 e. The molecule has 0 spiro atoms. The molecule has 2 N–H and O–H groups in total. The van der Waals surface area contributed by atoms with Crippen LogP contribution >= 0.6 is 23.1 Å².